The van der Waals surface area contributed by atoms with Crippen LogP contribution in [0.2, 0.25) is 0 Å². The molecule has 0 spiro atoms. The van der Waals surface area contributed by atoms with Crippen LogP contribution in [0.5, 0.6) is 11.5 Å². The van der Waals surface area contributed by atoms with E-state index in [9.17, 15) is 22.9 Å². The quantitative estimate of drug-likeness (QED) is 0.307. The Labute approximate surface area is 226 Å². The van der Waals surface area contributed by atoms with Crippen molar-refractivity contribution in [1.29, 1.82) is 0 Å². The lowest BCUT2D eigenvalue weighted by molar-refractivity contribution is -0.286. The smallest absolute Gasteiger partial charge is 0.395 e. The normalized spacial score (nSPS) is 15.1. The van der Waals surface area contributed by atoms with Crippen molar-refractivity contribution in [3.05, 3.63) is 58.1 Å². The van der Waals surface area contributed by atoms with Gasteiger partial charge in [-0.05, 0) is 66.6 Å². The Hall–Kier alpha value is -2.89. The van der Waals surface area contributed by atoms with E-state index in [1.807, 2.05) is 26.0 Å². The van der Waals surface area contributed by atoms with Crippen LogP contribution >= 0.6 is 11.3 Å². The molecule has 1 atom stereocenters. The van der Waals surface area contributed by atoms with E-state index in [4.69, 9.17) is 0 Å². The number of carbonyl (C=O) groups is 1. The van der Waals surface area contributed by atoms with Gasteiger partial charge in [-0.25, -0.2) is 9.19 Å². The highest BCUT2D eigenvalue weighted by Crippen LogP contribution is 2.43. The van der Waals surface area contributed by atoms with Crippen LogP contribution in [0.25, 0.3) is 11.1 Å². The van der Waals surface area contributed by atoms with E-state index < -0.39 is 28.4 Å². The number of aryl methyl sites for hydroxylation is 2. The number of fused-ring (bicyclic) bond motifs is 1. The number of alkyl halides is 2. The Kier molecular flexibility index (Phi) is 8.20. The zero-order valence-corrected chi connectivity index (χ0v) is 23.3. The van der Waals surface area contributed by atoms with Crippen LogP contribution in [-0.2, 0) is 40.3 Å². The summed E-state index contributed by atoms with van der Waals surface area (Å²) in [4.78, 5) is 17.5. The lowest BCUT2D eigenvalue weighted by atomic mass is 9.88. The number of thiol groups is 1. The van der Waals surface area contributed by atoms with Crippen LogP contribution in [0.4, 0.5) is 8.78 Å². The highest BCUT2D eigenvalue weighted by Gasteiger charge is 2.43. The number of carbonyl (C=O) groups excluding carboxylic acids is 1. The van der Waals surface area contributed by atoms with Crippen LogP contribution in [0.15, 0.2) is 45.2 Å². The number of hydrogen-bond acceptors (Lipinski definition) is 7. The van der Waals surface area contributed by atoms with E-state index in [1.54, 1.807) is 19.9 Å². The number of aromatic nitrogens is 1. The molecule has 1 aliphatic heterocycles. The van der Waals surface area contributed by atoms with E-state index in [-0.39, 0.29) is 22.3 Å². The first-order chi connectivity index (χ1) is 17.9. The Balaban J connectivity index is 1.66. The minimum atomic E-state index is -3.69. The molecule has 1 amide bonds. The summed E-state index contributed by atoms with van der Waals surface area (Å²) < 4.78 is 53.0. The molecule has 11 heteroatoms. The number of rotatable bonds is 9. The molecule has 0 bridgehead atoms. The van der Waals surface area contributed by atoms with Crippen molar-refractivity contribution in [2.24, 2.45) is 4.36 Å². The molecular weight excluding hydrogens is 534 g/mol. The summed E-state index contributed by atoms with van der Waals surface area (Å²) in [5.41, 5.74) is 3.14. The van der Waals surface area contributed by atoms with Crippen molar-refractivity contribution in [2.75, 3.05) is 0 Å². The van der Waals surface area contributed by atoms with Gasteiger partial charge in [0, 0.05) is 6.20 Å². The Bertz CT molecular complexity index is 1410. The molecule has 4 rings (SSSR count). The molecular formula is C27H30F2N2O5S2. The van der Waals surface area contributed by atoms with Crippen molar-refractivity contribution in [3.8, 4) is 22.6 Å². The van der Waals surface area contributed by atoms with Crippen molar-refractivity contribution >= 4 is 27.8 Å². The first-order valence-electron chi connectivity index (χ1n) is 12.4. The zero-order chi connectivity index (χ0) is 27.7. The topological polar surface area (TPSA) is 98.1 Å². The second-order valence-electron chi connectivity index (χ2n) is 9.61. The fourth-order valence-corrected chi connectivity index (χ4v) is 6.17. The number of aliphatic hydroxyl groups is 1. The lowest BCUT2D eigenvalue weighted by Gasteiger charge is -2.16. The molecule has 204 valence electrons. The summed E-state index contributed by atoms with van der Waals surface area (Å²) in [7, 11) is -2.39. The van der Waals surface area contributed by atoms with Crippen LogP contribution in [0, 0.1) is 0 Å². The Morgan fingerprint density at radius 3 is 2.29 bits per heavy atom. The molecule has 3 aromatic rings. The minimum Gasteiger partial charge on any atom is -0.395 e. The van der Waals surface area contributed by atoms with Gasteiger partial charge in [0.25, 0.3) is 5.91 Å². The second kappa shape index (κ2) is 11.1. The van der Waals surface area contributed by atoms with Crippen LogP contribution in [0.3, 0.4) is 0 Å². The van der Waals surface area contributed by atoms with E-state index in [2.05, 4.69) is 18.8 Å². The van der Waals surface area contributed by atoms with Crippen LogP contribution < -0.4 is 9.47 Å². The maximum absolute atomic E-state index is 13.5. The van der Waals surface area contributed by atoms with Gasteiger partial charge in [-0.1, -0.05) is 44.9 Å². The summed E-state index contributed by atoms with van der Waals surface area (Å²) >= 11 is 1.07. The van der Waals surface area contributed by atoms with Gasteiger partial charge < -0.3 is 14.6 Å². The van der Waals surface area contributed by atoms with Gasteiger partial charge in [-0.2, -0.15) is 4.36 Å². The maximum atomic E-state index is 13.5. The molecule has 7 nitrogen and oxygen atoms in total. The fourth-order valence-electron chi connectivity index (χ4n) is 4.27. The third kappa shape index (κ3) is 6.39. The second-order valence-corrected chi connectivity index (χ2v) is 12.1. The van der Waals surface area contributed by atoms with Gasteiger partial charge in [0.15, 0.2) is 15.8 Å². The third-order valence-electron chi connectivity index (χ3n) is 6.00. The molecule has 1 aromatic heterocycles. The number of ether oxygens (including phenoxy) is 2. The highest BCUT2D eigenvalue weighted by atomic mass is 32.2. The van der Waals surface area contributed by atoms with Crippen molar-refractivity contribution in [3.63, 3.8) is 0 Å². The first kappa shape index (κ1) is 28.1. The summed E-state index contributed by atoms with van der Waals surface area (Å²) in [6.45, 7) is 7.27. The van der Waals surface area contributed by atoms with Crippen molar-refractivity contribution < 1.29 is 32.4 Å². The average molecular weight is 565 g/mol. The molecule has 0 radical (unpaired) electrons. The number of nitrogens with zero attached hydrogens (tertiary/aromatic N) is 2. The zero-order valence-electron chi connectivity index (χ0n) is 21.6. The maximum Gasteiger partial charge on any atom is 0.586 e. The summed E-state index contributed by atoms with van der Waals surface area (Å²) in [6, 6.07) is 8.59. The van der Waals surface area contributed by atoms with Crippen molar-refractivity contribution in [2.45, 2.75) is 76.0 Å². The predicted molar refractivity (Wildman–Crippen MR) is 142 cm³/mol. The Morgan fingerprint density at radius 1 is 1.08 bits per heavy atom. The molecule has 0 saturated heterocycles. The van der Waals surface area contributed by atoms with Gasteiger partial charge in [0.2, 0.25) is 0 Å². The van der Waals surface area contributed by atoms with E-state index in [0.29, 0.717) is 23.3 Å². The summed E-state index contributed by atoms with van der Waals surface area (Å²) in [5, 5.41) is 10.1. The standard InChI is InChI=1S/C27H30F2N2O5S2/c1-5-7-17-11-19(16-9-10-21-22(13-16)36-27(28,29)35-21)12-18(8-6-2)20(17)14-24(32)31-38(34)25-30-15-23(37-25)26(3,4)33/h9-13,15,33,38H,5-8,14H2,1-4H3. The number of hydrogen-bond donors (Lipinski definition) is 2. The van der Waals surface area contributed by atoms with E-state index in [0.717, 1.165) is 46.4 Å². The number of halogens is 2. The highest BCUT2D eigenvalue weighted by molar-refractivity contribution is 7.77. The van der Waals surface area contributed by atoms with Crippen LogP contribution in [0.1, 0.15) is 62.1 Å². The number of benzene rings is 2. The molecule has 0 fully saturated rings. The molecule has 1 aliphatic rings. The first-order valence-corrected chi connectivity index (χ1v) is 14.4. The van der Waals surface area contributed by atoms with Gasteiger partial charge >= 0.3 is 6.29 Å². The molecule has 2 aromatic carbocycles. The summed E-state index contributed by atoms with van der Waals surface area (Å²) in [5.74, 6) is -0.564. The monoisotopic (exact) mass is 564 g/mol. The molecule has 2 heterocycles. The molecule has 38 heavy (non-hydrogen) atoms. The molecule has 0 aliphatic carbocycles. The van der Waals surface area contributed by atoms with E-state index in [1.165, 1.54) is 18.3 Å². The SMILES string of the molecule is CCCc1cc(-c2ccc3c(c2)OC(F)(F)O3)cc(CCC)c1CC(=O)/N=[SH](=O)\c1ncc(C(C)(C)O)s1. The summed E-state index contributed by atoms with van der Waals surface area (Å²) in [6.07, 6.45) is 0.796. The average Bonchev–Trinajstić information content (AvgIpc) is 3.44. The van der Waals surface area contributed by atoms with Gasteiger partial charge in [-0.3, -0.25) is 4.79 Å². The third-order valence-corrected chi connectivity index (χ3v) is 8.70. The number of thiazole rings is 1. The van der Waals surface area contributed by atoms with Gasteiger partial charge in [0.1, 0.15) is 0 Å². The Morgan fingerprint density at radius 2 is 1.71 bits per heavy atom. The minimum absolute atomic E-state index is 0.0108. The number of amides is 1. The molecule has 1 N–H and O–H groups in total. The predicted octanol–water partition coefficient (Wildman–Crippen LogP) is 6.06. The lowest BCUT2D eigenvalue weighted by Crippen LogP contribution is -2.25. The fraction of sp³-hybridized carbons (Fsp3) is 0.407. The molecule has 1 unspecified atom stereocenters. The van der Waals surface area contributed by atoms with Gasteiger partial charge in [-0.15, -0.1) is 20.1 Å². The van der Waals surface area contributed by atoms with Gasteiger partial charge in [0.05, 0.1) is 27.5 Å². The van der Waals surface area contributed by atoms with Crippen molar-refractivity contribution in [1.82, 2.24) is 4.98 Å². The van der Waals surface area contributed by atoms with E-state index >= 15 is 0 Å². The molecule has 0 saturated carbocycles. The van der Waals surface area contributed by atoms with Crippen LogP contribution in [-0.4, -0.2) is 26.5 Å². The largest absolute Gasteiger partial charge is 0.586 e.